The van der Waals surface area contributed by atoms with Gasteiger partial charge in [0, 0.05) is 33.2 Å². The van der Waals surface area contributed by atoms with Gasteiger partial charge in [-0.15, -0.1) is 0 Å². The van der Waals surface area contributed by atoms with Gasteiger partial charge >= 0.3 is 0 Å². The van der Waals surface area contributed by atoms with Crippen LogP contribution in [0.3, 0.4) is 0 Å². The van der Waals surface area contributed by atoms with Gasteiger partial charge in [-0.2, -0.15) is 0 Å². The molecule has 0 aliphatic carbocycles. The summed E-state index contributed by atoms with van der Waals surface area (Å²) in [4.78, 5) is 28.2. The third-order valence-corrected chi connectivity index (χ3v) is 8.33. The van der Waals surface area contributed by atoms with E-state index in [0.717, 1.165) is 61.3 Å². The molecule has 6 rings (SSSR count). The van der Waals surface area contributed by atoms with Crippen molar-refractivity contribution in [2.24, 2.45) is 0 Å². The van der Waals surface area contributed by atoms with Crippen molar-refractivity contribution in [3.05, 3.63) is 123 Å². The van der Waals surface area contributed by atoms with Crippen molar-refractivity contribution in [3.63, 3.8) is 0 Å². The van der Waals surface area contributed by atoms with Crippen molar-refractivity contribution in [2.75, 3.05) is 0 Å². The molecule has 1 saturated heterocycles. The number of halogens is 1. The number of fused-ring (bicyclic) bond motifs is 2. The molecule has 1 fully saturated rings. The molecule has 0 bridgehead atoms. The van der Waals surface area contributed by atoms with E-state index in [1.54, 1.807) is 0 Å². The molecule has 1 aromatic heterocycles. The third-order valence-electron chi connectivity index (χ3n) is 6.89. The maximum Gasteiger partial charge on any atom is 0.293 e. The standard InChI is InChI=1S/C31H23BrN2O2S/c1-20-27(26-11-4-5-12-28(26)33(20)18-21-13-15-24(32)16-14-21)17-29-30(35)34(31(36)37-29)19-23-9-6-8-22-7-2-3-10-25(22)23/h2-17H,18-19H2,1H3/b29-17+. The van der Waals surface area contributed by atoms with Crippen LogP contribution in [0.4, 0.5) is 4.79 Å². The average Bonchev–Trinajstić information content (AvgIpc) is 3.33. The summed E-state index contributed by atoms with van der Waals surface area (Å²) >= 11 is 4.52. The Morgan fingerprint density at radius 2 is 1.51 bits per heavy atom. The molecule has 1 aliphatic rings. The molecule has 6 heteroatoms. The van der Waals surface area contributed by atoms with Crippen LogP contribution >= 0.6 is 27.7 Å². The highest BCUT2D eigenvalue weighted by Crippen LogP contribution is 2.37. The summed E-state index contributed by atoms with van der Waals surface area (Å²) in [5.41, 5.74) is 5.29. The molecule has 0 atom stereocenters. The number of thioether (sulfide) groups is 1. The smallest absolute Gasteiger partial charge is 0.293 e. The first-order chi connectivity index (χ1) is 18.0. The third kappa shape index (κ3) is 4.41. The molecular weight excluding hydrogens is 544 g/mol. The van der Waals surface area contributed by atoms with Crippen molar-refractivity contribution in [3.8, 4) is 0 Å². The molecule has 2 amide bonds. The number of hydrogen-bond donors (Lipinski definition) is 0. The lowest BCUT2D eigenvalue weighted by Crippen LogP contribution is -2.27. The molecule has 4 nitrogen and oxygen atoms in total. The number of aromatic nitrogens is 1. The second kappa shape index (κ2) is 9.69. The molecule has 5 aromatic rings. The lowest BCUT2D eigenvalue weighted by molar-refractivity contribution is -0.123. The van der Waals surface area contributed by atoms with Gasteiger partial charge in [-0.05, 0) is 64.9 Å². The van der Waals surface area contributed by atoms with Crippen molar-refractivity contribution in [2.45, 2.75) is 20.0 Å². The van der Waals surface area contributed by atoms with Crippen molar-refractivity contribution in [1.82, 2.24) is 9.47 Å². The van der Waals surface area contributed by atoms with Gasteiger partial charge in [0.05, 0.1) is 11.4 Å². The van der Waals surface area contributed by atoms with Crippen molar-refractivity contribution >= 4 is 66.6 Å². The summed E-state index contributed by atoms with van der Waals surface area (Å²) in [6, 6.07) is 30.6. The molecule has 0 radical (unpaired) electrons. The fourth-order valence-corrected chi connectivity index (χ4v) is 6.07. The lowest BCUT2D eigenvalue weighted by Gasteiger charge is -2.14. The first-order valence-electron chi connectivity index (χ1n) is 12.0. The van der Waals surface area contributed by atoms with Crippen LogP contribution in [-0.4, -0.2) is 20.6 Å². The summed E-state index contributed by atoms with van der Waals surface area (Å²) < 4.78 is 3.32. The minimum absolute atomic E-state index is 0.236. The van der Waals surface area contributed by atoms with E-state index in [9.17, 15) is 9.59 Å². The van der Waals surface area contributed by atoms with Crippen LogP contribution in [0.15, 0.2) is 100 Å². The van der Waals surface area contributed by atoms with Gasteiger partial charge in [0.25, 0.3) is 11.1 Å². The second-order valence-corrected chi connectivity index (χ2v) is 11.0. The maximum absolute atomic E-state index is 13.4. The average molecular weight is 568 g/mol. The Balaban J connectivity index is 1.35. The highest BCUT2D eigenvalue weighted by atomic mass is 79.9. The van der Waals surface area contributed by atoms with E-state index in [1.165, 1.54) is 10.5 Å². The predicted molar refractivity (Wildman–Crippen MR) is 155 cm³/mol. The monoisotopic (exact) mass is 566 g/mol. The van der Waals surface area contributed by atoms with Crippen LogP contribution in [0.1, 0.15) is 22.4 Å². The van der Waals surface area contributed by atoms with E-state index in [-0.39, 0.29) is 17.7 Å². The Kier molecular flexibility index (Phi) is 6.22. The summed E-state index contributed by atoms with van der Waals surface area (Å²) in [7, 11) is 0. The highest BCUT2D eigenvalue weighted by molar-refractivity contribution is 9.10. The lowest BCUT2D eigenvalue weighted by atomic mass is 10.0. The Bertz CT molecular complexity index is 1710. The number of benzene rings is 4. The minimum atomic E-state index is -0.243. The Hall–Kier alpha value is -3.61. The molecule has 0 spiro atoms. The number of hydrogen-bond acceptors (Lipinski definition) is 3. The van der Waals surface area contributed by atoms with E-state index in [4.69, 9.17) is 0 Å². The number of rotatable bonds is 5. The summed E-state index contributed by atoms with van der Waals surface area (Å²) in [5, 5.41) is 2.98. The molecule has 1 aliphatic heterocycles. The number of amides is 2. The number of imide groups is 1. The van der Waals surface area contributed by atoms with E-state index < -0.39 is 0 Å². The summed E-state index contributed by atoms with van der Waals surface area (Å²) in [5.74, 6) is -0.243. The van der Waals surface area contributed by atoms with Crippen LogP contribution in [0.2, 0.25) is 0 Å². The van der Waals surface area contributed by atoms with E-state index in [1.807, 2.05) is 72.8 Å². The fourth-order valence-electron chi connectivity index (χ4n) is 4.98. The van der Waals surface area contributed by atoms with Crippen LogP contribution in [-0.2, 0) is 17.9 Å². The van der Waals surface area contributed by atoms with Crippen LogP contribution in [0, 0.1) is 6.92 Å². The predicted octanol–water partition coefficient (Wildman–Crippen LogP) is 8.15. The summed E-state index contributed by atoms with van der Waals surface area (Å²) in [6.45, 7) is 3.05. The highest BCUT2D eigenvalue weighted by Gasteiger charge is 2.35. The van der Waals surface area contributed by atoms with Gasteiger partial charge in [0.1, 0.15) is 0 Å². The van der Waals surface area contributed by atoms with Crippen LogP contribution < -0.4 is 0 Å². The topological polar surface area (TPSA) is 42.3 Å². The molecule has 4 aromatic carbocycles. The van der Waals surface area contributed by atoms with Gasteiger partial charge in [-0.3, -0.25) is 14.5 Å². The first-order valence-corrected chi connectivity index (χ1v) is 13.6. The normalized spacial score (nSPS) is 15.0. The molecule has 2 heterocycles. The zero-order valence-electron chi connectivity index (χ0n) is 20.1. The van der Waals surface area contributed by atoms with Gasteiger partial charge in [0.15, 0.2) is 0 Å². The first kappa shape index (κ1) is 23.8. The second-order valence-electron chi connectivity index (χ2n) is 9.13. The van der Waals surface area contributed by atoms with E-state index in [2.05, 4.69) is 51.7 Å². The summed E-state index contributed by atoms with van der Waals surface area (Å²) in [6.07, 6.45) is 1.89. The quantitative estimate of drug-likeness (QED) is 0.201. The zero-order valence-corrected chi connectivity index (χ0v) is 22.6. The Morgan fingerprint density at radius 1 is 0.811 bits per heavy atom. The van der Waals surface area contributed by atoms with Gasteiger partial charge in [0.2, 0.25) is 0 Å². The molecule has 0 N–H and O–H groups in total. The van der Waals surface area contributed by atoms with E-state index in [0.29, 0.717) is 4.91 Å². The van der Waals surface area contributed by atoms with Gasteiger partial charge < -0.3 is 4.57 Å². The molecule has 0 saturated carbocycles. The number of para-hydroxylation sites is 1. The Morgan fingerprint density at radius 3 is 2.32 bits per heavy atom. The fraction of sp³-hybridized carbons (Fsp3) is 0.0968. The maximum atomic E-state index is 13.4. The van der Waals surface area contributed by atoms with Crippen LogP contribution in [0.25, 0.3) is 27.8 Å². The number of nitrogens with zero attached hydrogens (tertiary/aromatic N) is 2. The molecule has 37 heavy (non-hydrogen) atoms. The molecule has 182 valence electrons. The largest absolute Gasteiger partial charge is 0.340 e. The number of carbonyl (C=O) groups is 2. The van der Waals surface area contributed by atoms with Crippen molar-refractivity contribution < 1.29 is 9.59 Å². The van der Waals surface area contributed by atoms with Gasteiger partial charge in [-0.1, -0.05) is 88.7 Å². The Labute approximate surface area is 227 Å². The minimum Gasteiger partial charge on any atom is -0.340 e. The number of carbonyl (C=O) groups excluding carboxylic acids is 2. The SMILES string of the molecule is Cc1c(/C=C2/SC(=O)N(Cc3cccc4ccccc34)C2=O)c2ccccc2n1Cc1ccc(Br)cc1. The van der Waals surface area contributed by atoms with Crippen molar-refractivity contribution in [1.29, 1.82) is 0 Å². The molecule has 0 unspecified atom stereocenters. The zero-order chi connectivity index (χ0) is 25.5. The van der Waals surface area contributed by atoms with Crippen LogP contribution in [0.5, 0.6) is 0 Å². The van der Waals surface area contributed by atoms with E-state index >= 15 is 0 Å². The van der Waals surface area contributed by atoms with Gasteiger partial charge in [-0.25, -0.2) is 0 Å². The molecular formula is C31H23BrN2O2S.